The number of carboxylic acid groups (broad SMARTS) is 1. The van der Waals surface area contributed by atoms with Crippen LogP contribution in [0, 0.1) is 0 Å². The fourth-order valence-corrected chi connectivity index (χ4v) is 2.60. The van der Waals surface area contributed by atoms with Crippen LogP contribution < -0.4 is 10.1 Å². The molecule has 6 nitrogen and oxygen atoms in total. The average Bonchev–Trinajstić information content (AvgIpc) is 2.53. The maximum absolute atomic E-state index is 11.3. The molecule has 2 N–H and O–H groups in total. The number of carboxylic acids is 1. The van der Waals surface area contributed by atoms with Gasteiger partial charge in [-0.05, 0) is 30.5 Å². The highest BCUT2D eigenvalue weighted by molar-refractivity contribution is 6.31. The van der Waals surface area contributed by atoms with E-state index in [0.717, 1.165) is 24.2 Å². The third kappa shape index (κ3) is 3.52. The fourth-order valence-electron chi connectivity index (χ4n) is 2.60. The van der Waals surface area contributed by atoms with Crippen LogP contribution >= 0.6 is 0 Å². The number of nitrogens with one attached hydrogen (secondary N) is 1. The fraction of sp³-hybridized carbons (Fsp3) is 0.467. The van der Waals surface area contributed by atoms with Gasteiger partial charge in [0.15, 0.2) is 0 Å². The number of carbonyl (C=O) groups is 2. The summed E-state index contributed by atoms with van der Waals surface area (Å²) in [5.41, 5.74) is 0.757. The van der Waals surface area contributed by atoms with Crippen LogP contribution in [0.5, 0.6) is 5.75 Å². The number of amides is 1. The lowest BCUT2D eigenvalue weighted by atomic mass is 9.74. The first-order valence-electron chi connectivity index (χ1n) is 6.81. The van der Waals surface area contributed by atoms with Crippen LogP contribution in [0.2, 0.25) is 0 Å². The summed E-state index contributed by atoms with van der Waals surface area (Å²) in [5.74, 6) is -1.68. The molecular formula is C15H19NO5. The number of hydrogen-bond donors (Lipinski definition) is 2. The van der Waals surface area contributed by atoms with E-state index < -0.39 is 11.9 Å². The number of benzene rings is 1. The van der Waals surface area contributed by atoms with Crippen molar-refractivity contribution in [3.63, 3.8) is 0 Å². The maximum Gasteiger partial charge on any atom is 0.394 e. The van der Waals surface area contributed by atoms with Crippen LogP contribution in [0.25, 0.3) is 0 Å². The number of aliphatic carboxylic acids is 1. The van der Waals surface area contributed by atoms with Crippen LogP contribution in [-0.2, 0) is 19.7 Å². The van der Waals surface area contributed by atoms with Gasteiger partial charge in [0.05, 0.1) is 7.11 Å². The second kappa shape index (κ2) is 6.58. The van der Waals surface area contributed by atoms with Crippen molar-refractivity contribution in [3.8, 4) is 5.75 Å². The van der Waals surface area contributed by atoms with Crippen LogP contribution in [0.1, 0.15) is 18.4 Å². The highest BCUT2D eigenvalue weighted by Gasteiger charge is 2.35. The first kappa shape index (κ1) is 15.3. The second-order valence-electron chi connectivity index (χ2n) is 5.11. The van der Waals surface area contributed by atoms with Crippen molar-refractivity contribution in [1.82, 2.24) is 5.32 Å². The van der Waals surface area contributed by atoms with Gasteiger partial charge in [0, 0.05) is 25.2 Å². The SMILES string of the molecule is COc1ccc(C2(CNC(=O)C(=O)O)CCOCC2)cc1. The van der Waals surface area contributed by atoms with Gasteiger partial charge in [-0.1, -0.05) is 12.1 Å². The molecule has 1 aliphatic rings. The molecule has 0 saturated carbocycles. The number of ether oxygens (including phenoxy) is 2. The monoisotopic (exact) mass is 293 g/mol. The quantitative estimate of drug-likeness (QED) is 0.807. The highest BCUT2D eigenvalue weighted by atomic mass is 16.5. The second-order valence-corrected chi connectivity index (χ2v) is 5.11. The van der Waals surface area contributed by atoms with Gasteiger partial charge in [0.1, 0.15) is 5.75 Å². The molecule has 0 aromatic heterocycles. The van der Waals surface area contributed by atoms with Crippen molar-refractivity contribution >= 4 is 11.9 Å². The zero-order chi connectivity index (χ0) is 15.3. The molecule has 1 amide bonds. The van der Waals surface area contributed by atoms with Crippen LogP contribution in [0.4, 0.5) is 0 Å². The van der Waals surface area contributed by atoms with Gasteiger partial charge >= 0.3 is 11.9 Å². The zero-order valence-electron chi connectivity index (χ0n) is 11.9. The molecule has 1 aromatic carbocycles. The van der Waals surface area contributed by atoms with Crippen LogP contribution in [0.15, 0.2) is 24.3 Å². The summed E-state index contributed by atoms with van der Waals surface area (Å²) in [6.07, 6.45) is 1.47. The van der Waals surface area contributed by atoms with Gasteiger partial charge in [0.25, 0.3) is 0 Å². The Labute approximate surface area is 123 Å². The van der Waals surface area contributed by atoms with Gasteiger partial charge in [-0.25, -0.2) is 4.79 Å². The normalized spacial score (nSPS) is 17.0. The molecular weight excluding hydrogens is 274 g/mol. The molecule has 0 unspecified atom stereocenters. The van der Waals surface area contributed by atoms with Crippen molar-refractivity contribution < 1.29 is 24.2 Å². The molecule has 0 aliphatic carbocycles. The maximum atomic E-state index is 11.3. The summed E-state index contributed by atoms with van der Waals surface area (Å²) >= 11 is 0. The van der Waals surface area contributed by atoms with Crippen molar-refractivity contribution in [3.05, 3.63) is 29.8 Å². The summed E-state index contributed by atoms with van der Waals surface area (Å²) in [6, 6.07) is 7.64. The topological polar surface area (TPSA) is 84.9 Å². The smallest absolute Gasteiger partial charge is 0.394 e. The highest BCUT2D eigenvalue weighted by Crippen LogP contribution is 2.35. The number of methoxy groups -OCH3 is 1. The summed E-state index contributed by atoms with van der Waals surface area (Å²) in [5, 5.41) is 11.2. The van der Waals surface area contributed by atoms with Gasteiger partial charge in [-0.15, -0.1) is 0 Å². The lowest BCUT2D eigenvalue weighted by molar-refractivity contribution is -0.150. The van der Waals surface area contributed by atoms with E-state index in [1.165, 1.54) is 0 Å². The van der Waals surface area contributed by atoms with Gasteiger partial charge in [-0.2, -0.15) is 0 Å². The molecule has 1 fully saturated rings. The lowest BCUT2D eigenvalue weighted by Gasteiger charge is -2.37. The van der Waals surface area contributed by atoms with Crippen molar-refractivity contribution in [2.45, 2.75) is 18.3 Å². The predicted octanol–water partition coefficient (Wildman–Crippen LogP) is 0.944. The van der Waals surface area contributed by atoms with E-state index in [1.807, 2.05) is 24.3 Å². The van der Waals surface area contributed by atoms with Crippen molar-refractivity contribution in [2.75, 3.05) is 26.9 Å². The van der Waals surface area contributed by atoms with E-state index in [4.69, 9.17) is 14.6 Å². The van der Waals surface area contributed by atoms with E-state index in [2.05, 4.69) is 5.32 Å². The molecule has 2 rings (SSSR count). The Morgan fingerprint density at radius 3 is 2.43 bits per heavy atom. The van der Waals surface area contributed by atoms with E-state index in [-0.39, 0.29) is 12.0 Å². The van der Waals surface area contributed by atoms with Gasteiger partial charge in [0.2, 0.25) is 0 Å². The average molecular weight is 293 g/mol. The molecule has 0 spiro atoms. The number of carbonyl (C=O) groups excluding carboxylic acids is 1. The number of rotatable bonds is 4. The van der Waals surface area contributed by atoms with Gasteiger partial charge in [-0.3, -0.25) is 4.79 Å². The molecule has 0 bridgehead atoms. The molecule has 6 heteroatoms. The Morgan fingerprint density at radius 2 is 1.90 bits per heavy atom. The molecule has 1 aromatic rings. The third-order valence-electron chi connectivity index (χ3n) is 3.93. The molecule has 1 saturated heterocycles. The molecule has 21 heavy (non-hydrogen) atoms. The number of hydrogen-bond acceptors (Lipinski definition) is 4. The Balaban J connectivity index is 2.19. The summed E-state index contributed by atoms with van der Waals surface area (Å²) in [4.78, 5) is 21.9. The summed E-state index contributed by atoms with van der Waals surface area (Å²) < 4.78 is 10.5. The predicted molar refractivity (Wildman–Crippen MR) is 75.4 cm³/mol. The van der Waals surface area contributed by atoms with E-state index in [0.29, 0.717) is 13.2 Å². The van der Waals surface area contributed by atoms with E-state index >= 15 is 0 Å². The van der Waals surface area contributed by atoms with E-state index in [9.17, 15) is 9.59 Å². The van der Waals surface area contributed by atoms with Crippen LogP contribution in [0.3, 0.4) is 0 Å². The Morgan fingerprint density at radius 1 is 1.29 bits per heavy atom. The molecule has 114 valence electrons. The largest absolute Gasteiger partial charge is 0.497 e. The summed E-state index contributed by atoms with van der Waals surface area (Å²) in [7, 11) is 1.60. The van der Waals surface area contributed by atoms with Gasteiger partial charge < -0.3 is 19.9 Å². The van der Waals surface area contributed by atoms with E-state index in [1.54, 1.807) is 7.11 Å². The zero-order valence-corrected chi connectivity index (χ0v) is 11.9. The molecule has 1 aliphatic heterocycles. The first-order chi connectivity index (χ1) is 10.1. The third-order valence-corrected chi connectivity index (χ3v) is 3.93. The first-order valence-corrected chi connectivity index (χ1v) is 6.81. The van der Waals surface area contributed by atoms with Crippen LogP contribution in [-0.4, -0.2) is 43.9 Å². The lowest BCUT2D eigenvalue weighted by Crippen LogP contribution is -2.46. The standard InChI is InChI=1S/C15H19NO5/c1-20-12-4-2-11(3-5-12)15(6-8-21-9-7-15)10-16-13(17)14(18)19/h2-5H,6-10H2,1H3,(H,16,17)(H,18,19). The molecule has 0 atom stereocenters. The van der Waals surface area contributed by atoms with Crippen molar-refractivity contribution in [2.24, 2.45) is 0 Å². The molecule has 1 heterocycles. The minimum Gasteiger partial charge on any atom is -0.497 e. The minimum absolute atomic E-state index is 0.286. The Bertz CT molecular complexity index is 505. The molecule has 0 radical (unpaired) electrons. The Hall–Kier alpha value is -2.08. The minimum atomic E-state index is -1.47. The Kier molecular flexibility index (Phi) is 4.80. The summed E-state index contributed by atoms with van der Waals surface area (Å²) in [6.45, 7) is 1.47. The van der Waals surface area contributed by atoms with Crippen molar-refractivity contribution in [1.29, 1.82) is 0 Å².